The highest BCUT2D eigenvalue weighted by Gasteiger charge is 2.26. The van der Waals surface area contributed by atoms with Crippen molar-refractivity contribution in [2.75, 3.05) is 13.7 Å². The molecule has 2 rings (SSSR count). The number of ketones is 1. The summed E-state index contributed by atoms with van der Waals surface area (Å²) in [6.07, 6.45) is 5.03. The van der Waals surface area contributed by atoms with Crippen molar-refractivity contribution in [1.29, 1.82) is 0 Å². The summed E-state index contributed by atoms with van der Waals surface area (Å²) < 4.78 is 4.63. The van der Waals surface area contributed by atoms with Crippen LogP contribution in [0.2, 0.25) is 0 Å². The summed E-state index contributed by atoms with van der Waals surface area (Å²) in [5, 5.41) is 0. The topological polar surface area (TPSA) is 69.4 Å². The molecule has 128 valence electrons. The van der Waals surface area contributed by atoms with E-state index in [0.29, 0.717) is 18.8 Å². The lowest BCUT2D eigenvalue weighted by Gasteiger charge is -2.26. The van der Waals surface area contributed by atoms with Crippen LogP contribution in [0.5, 0.6) is 0 Å². The molecule has 0 aromatic heterocycles. The molecule has 0 amide bonds. The van der Waals surface area contributed by atoms with E-state index in [1.165, 1.54) is 7.11 Å². The summed E-state index contributed by atoms with van der Waals surface area (Å²) in [6.45, 7) is 0.732. The van der Waals surface area contributed by atoms with Gasteiger partial charge in [-0.2, -0.15) is 0 Å². The average Bonchev–Trinajstić information content (AvgIpc) is 2.59. The molecule has 1 fully saturated rings. The highest BCUT2D eigenvalue weighted by atomic mass is 35.5. The number of aryl methyl sites for hydroxylation is 1. The van der Waals surface area contributed by atoms with E-state index in [4.69, 9.17) is 5.73 Å². The zero-order valence-corrected chi connectivity index (χ0v) is 14.4. The van der Waals surface area contributed by atoms with Gasteiger partial charge in [-0.05, 0) is 50.1 Å². The predicted octanol–water partition coefficient (Wildman–Crippen LogP) is 3.16. The van der Waals surface area contributed by atoms with Gasteiger partial charge in [0, 0.05) is 17.9 Å². The van der Waals surface area contributed by atoms with E-state index in [2.05, 4.69) is 4.74 Å². The van der Waals surface area contributed by atoms with Crippen molar-refractivity contribution >= 4 is 24.2 Å². The summed E-state index contributed by atoms with van der Waals surface area (Å²) in [5.74, 6) is 0.764. The van der Waals surface area contributed by atoms with Crippen LogP contribution in [0, 0.1) is 11.8 Å². The molecule has 1 aliphatic carbocycles. The summed E-state index contributed by atoms with van der Waals surface area (Å²) in [4.78, 5) is 23.6. The van der Waals surface area contributed by atoms with Crippen LogP contribution in [0.3, 0.4) is 0 Å². The van der Waals surface area contributed by atoms with Gasteiger partial charge in [0.2, 0.25) is 0 Å². The van der Waals surface area contributed by atoms with Crippen LogP contribution in [0.15, 0.2) is 24.3 Å². The molecule has 1 aromatic rings. The van der Waals surface area contributed by atoms with Crippen molar-refractivity contribution in [3.05, 3.63) is 35.4 Å². The smallest absolute Gasteiger partial charge is 0.305 e. The van der Waals surface area contributed by atoms with E-state index in [9.17, 15) is 9.59 Å². The number of halogens is 1. The second-order valence-corrected chi connectivity index (χ2v) is 6.09. The van der Waals surface area contributed by atoms with E-state index >= 15 is 0 Å². The number of esters is 1. The summed E-state index contributed by atoms with van der Waals surface area (Å²) in [7, 11) is 1.39. The molecule has 0 unspecified atom stereocenters. The summed E-state index contributed by atoms with van der Waals surface area (Å²) in [6, 6.07) is 7.62. The lowest BCUT2D eigenvalue weighted by atomic mass is 9.78. The number of carbonyl (C=O) groups excluding carboxylic acids is 2. The Morgan fingerprint density at radius 3 is 2.26 bits per heavy atom. The normalized spacial score (nSPS) is 20.4. The molecule has 0 radical (unpaired) electrons. The van der Waals surface area contributed by atoms with Gasteiger partial charge in [-0.1, -0.05) is 24.3 Å². The monoisotopic (exact) mass is 339 g/mol. The van der Waals surface area contributed by atoms with Crippen molar-refractivity contribution in [3.63, 3.8) is 0 Å². The van der Waals surface area contributed by atoms with Crippen LogP contribution < -0.4 is 5.73 Å². The molecule has 0 bridgehead atoms. The van der Waals surface area contributed by atoms with Crippen LogP contribution in [-0.2, 0) is 16.0 Å². The van der Waals surface area contributed by atoms with Crippen molar-refractivity contribution in [3.8, 4) is 0 Å². The number of methoxy groups -OCH3 is 1. The van der Waals surface area contributed by atoms with Gasteiger partial charge >= 0.3 is 5.97 Å². The minimum Gasteiger partial charge on any atom is -0.469 e. The van der Waals surface area contributed by atoms with Crippen LogP contribution in [0.1, 0.15) is 48.0 Å². The average molecular weight is 340 g/mol. The molecule has 23 heavy (non-hydrogen) atoms. The first kappa shape index (κ1) is 19.7. The number of rotatable bonds is 6. The molecule has 1 saturated carbocycles. The lowest BCUT2D eigenvalue weighted by Crippen LogP contribution is -2.25. The molecular weight excluding hydrogens is 314 g/mol. The highest BCUT2D eigenvalue weighted by molar-refractivity contribution is 5.97. The Kier molecular flexibility index (Phi) is 8.28. The van der Waals surface area contributed by atoms with E-state index < -0.39 is 0 Å². The molecule has 0 aliphatic heterocycles. The quantitative estimate of drug-likeness (QED) is 0.638. The first-order chi connectivity index (χ1) is 10.6. The van der Waals surface area contributed by atoms with Crippen molar-refractivity contribution < 1.29 is 14.3 Å². The van der Waals surface area contributed by atoms with Gasteiger partial charge in [-0.15, -0.1) is 12.4 Å². The Hall–Kier alpha value is -1.39. The number of benzene rings is 1. The van der Waals surface area contributed by atoms with Gasteiger partial charge in [-0.25, -0.2) is 0 Å². The Bertz CT molecular complexity index is 508. The van der Waals surface area contributed by atoms with Crippen molar-refractivity contribution in [2.24, 2.45) is 17.6 Å². The van der Waals surface area contributed by atoms with Crippen LogP contribution in [0.4, 0.5) is 0 Å². The molecule has 4 nitrogen and oxygen atoms in total. The molecule has 2 N–H and O–H groups in total. The van der Waals surface area contributed by atoms with E-state index in [0.717, 1.165) is 43.4 Å². The molecule has 0 saturated heterocycles. The zero-order chi connectivity index (χ0) is 15.9. The van der Waals surface area contributed by atoms with E-state index in [1.807, 2.05) is 24.3 Å². The third-order valence-electron chi connectivity index (χ3n) is 4.63. The lowest BCUT2D eigenvalue weighted by molar-refractivity contribution is -0.140. The third kappa shape index (κ3) is 5.63. The fourth-order valence-electron chi connectivity index (χ4n) is 3.08. The fourth-order valence-corrected chi connectivity index (χ4v) is 3.08. The largest absolute Gasteiger partial charge is 0.469 e. The second kappa shape index (κ2) is 9.68. The Morgan fingerprint density at radius 1 is 1.13 bits per heavy atom. The van der Waals surface area contributed by atoms with E-state index in [-0.39, 0.29) is 30.1 Å². The van der Waals surface area contributed by atoms with Gasteiger partial charge in [-0.3, -0.25) is 9.59 Å². The summed E-state index contributed by atoms with van der Waals surface area (Å²) >= 11 is 0. The standard InChI is InChI=1S/C18H25NO3.ClH/c1-22-17(20)11-6-13-2-7-15(8-3-13)18(21)16-9-4-14(12-19)5-10-16;/h2-3,7-8,14,16H,4-6,9-12,19H2,1H3;1H. The minimum absolute atomic E-state index is 0. The molecule has 1 aliphatic rings. The molecule has 0 atom stereocenters. The van der Waals surface area contributed by atoms with Gasteiger partial charge in [0.15, 0.2) is 5.78 Å². The fraction of sp³-hybridized carbons (Fsp3) is 0.556. The van der Waals surface area contributed by atoms with Gasteiger partial charge < -0.3 is 10.5 Å². The zero-order valence-electron chi connectivity index (χ0n) is 13.6. The highest BCUT2D eigenvalue weighted by Crippen LogP contribution is 2.30. The number of Topliss-reactive ketones (excluding diaryl/α,β-unsaturated/α-hetero) is 1. The minimum atomic E-state index is -0.211. The van der Waals surface area contributed by atoms with Crippen LogP contribution >= 0.6 is 12.4 Å². The maximum Gasteiger partial charge on any atom is 0.305 e. The number of nitrogens with two attached hydrogens (primary N) is 1. The van der Waals surface area contributed by atoms with Gasteiger partial charge in [0.05, 0.1) is 7.11 Å². The molecule has 5 heteroatoms. The Labute approximate surface area is 144 Å². The van der Waals surface area contributed by atoms with E-state index in [1.54, 1.807) is 0 Å². The molecule has 0 spiro atoms. The molecule has 1 aromatic carbocycles. The maximum absolute atomic E-state index is 12.5. The number of hydrogen-bond acceptors (Lipinski definition) is 4. The van der Waals surface area contributed by atoms with Crippen molar-refractivity contribution in [2.45, 2.75) is 38.5 Å². The maximum atomic E-state index is 12.5. The number of ether oxygens (including phenoxy) is 1. The Balaban J connectivity index is 0.00000264. The van der Waals surface area contributed by atoms with Crippen LogP contribution in [0.25, 0.3) is 0 Å². The number of hydrogen-bond donors (Lipinski definition) is 1. The molecule has 0 heterocycles. The first-order valence-electron chi connectivity index (χ1n) is 8.04. The van der Waals surface area contributed by atoms with Crippen LogP contribution in [-0.4, -0.2) is 25.4 Å². The van der Waals surface area contributed by atoms with Crippen molar-refractivity contribution in [1.82, 2.24) is 0 Å². The Morgan fingerprint density at radius 2 is 1.74 bits per heavy atom. The van der Waals surface area contributed by atoms with Gasteiger partial charge in [0.25, 0.3) is 0 Å². The first-order valence-corrected chi connectivity index (χ1v) is 8.04. The van der Waals surface area contributed by atoms with Gasteiger partial charge in [0.1, 0.15) is 0 Å². The predicted molar refractivity (Wildman–Crippen MR) is 92.9 cm³/mol. The molecular formula is C18H26ClNO3. The third-order valence-corrected chi connectivity index (χ3v) is 4.63. The number of carbonyl (C=O) groups is 2. The SMILES string of the molecule is COC(=O)CCc1ccc(C(=O)C2CCC(CN)CC2)cc1.Cl. The second-order valence-electron chi connectivity index (χ2n) is 6.09. The summed E-state index contributed by atoms with van der Waals surface area (Å²) in [5.41, 5.74) is 7.52.